The number of hydrogen-bond acceptors (Lipinski definition) is 4. The molecular weight excluding hydrogens is 216 g/mol. The SMILES string of the molecule is COc1ccc(C)cc1CNCc1ncn[nH]1. The van der Waals surface area contributed by atoms with Crippen molar-refractivity contribution < 1.29 is 4.74 Å². The van der Waals surface area contributed by atoms with Crippen molar-refractivity contribution in [2.45, 2.75) is 20.0 Å². The highest BCUT2D eigenvalue weighted by molar-refractivity contribution is 5.36. The summed E-state index contributed by atoms with van der Waals surface area (Å²) in [5.74, 6) is 1.73. The number of hydrogen-bond donors (Lipinski definition) is 2. The lowest BCUT2D eigenvalue weighted by Crippen LogP contribution is -2.14. The first-order chi connectivity index (χ1) is 8.29. The van der Waals surface area contributed by atoms with Crippen molar-refractivity contribution in [2.75, 3.05) is 7.11 Å². The van der Waals surface area contributed by atoms with E-state index in [-0.39, 0.29) is 0 Å². The average Bonchev–Trinajstić information content (AvgIpc) is 2.82. The maximum absolute atomic E-state index is 5.31. The van der Waals surface area contributed by atoms with Crippen molar-refractivity contribution in [1.29, 1.82) is 0 Å². The lowest BCUT2D eigenvalue weighted by atomic mass is 10.1. The van der Waals surface area contributed by atoms with Crippen LogP contribution in [0.15, 0.2) is 24.5 Å². The molecule has 90 valence electrons. The van der Waals surface area contributed by atoms with Crippen LogP contribution >= 0.6 is 0 Å². The lowest BCUT2D eigenvalue weighted by Gasteiger charge is -2.09. The smallest absolute Gasteiger partial charge is 0.138 e. The van der Waals surface area contributed by atoms with Gasteiger partial charge in [-0.1, -0.05) is 17.7 Å². The molecule has 5 heteroatoms. The maximum Gasteiger partial charge on any atom is 0.138 e. The second-order valence-electron chi connectivity index (χ2n) is 3.85. The van der Waals surface area contributed by atoms with Gasteiger partial charge >= 0.3 is 0 Å². The molecule has 1 heterocycles. The predicted octanol–water partition coefficient (Wildman–Crippen LogP) is 1.41. The van der Waals surface area contributed by atoms with Gasteiger partial charge in [-0.05, 0) is 13.0 Å². The highest BCUT2D eigenvalue weighted by Gasteiger charge is 2.03. The predicted molar refractivity (Wildman–Crippen MR) is 64.7 cm³/mol. The normalized spacial score (nSPS) is 10.5. The Hall–Kier alpha value is -1.88. The van der Waals surface area contributed by atoms with Gasteiger partial charge in [0.25, 0.3) is 0 Å². The summed E-state index contributed by atoms with van der Waals surface area (Å²) in [5, 5.41) is 9.90. The van der Waals surface area contributed by atoms with Crippen molar-refractivity contribution in [3.05, 3.63) is 41.5 Å². The van der Waals surface area contributed by atoms with Crippen LogP contribution in [0.1, 0.15) is 17.0 Å². The van der Waals surface area contributed by atoms with Gasteiger partial charge in [-0.15, -0.1) is 0 Å². The summed E-state index contributed by atoms with van der Waals surface area (Å²) in [6.07, 6.45) is 1.50. The van der Waals surface area contributed by atoms with Crippen LogP contribution in [0.5, 0.6) is 5.75 Å². The summed E-state index contributed by atoms with van der Waals surface area (Å²) < 4.78 is 5.31. The Morgan fingerprint density at radius 1 is 1.35 bits per heavy atom. The molecule has 0 aliphatic heterocycles. The van der Waals surface area contributed by atoms with Gasteiger partial charge in [0.15, 0.2) is 0 Å². The molecule has 0 radical (unpaired) electrons. The number of H-pyrrole nitrogens is 1. The van der Waals surface area contributed by atoms with E-state index in [4.69, 9.17) is 4.74 Å². The molecular formula is C12H16N4O. The van der Waals surface area contributed by atoms with Crippen LogP contribution < -0.4 is 10.1 Å². The van der Waals surface area contributed by atoms with E-state index in [2.05, 4.69) is 33.5 Å². The third kappa shape index (κ3) is 3.04. The van der Waals surface area contributed by atoms with E-state index in [9.17, 15) is 0 Å². The minimum atomic E-state index is 0.664. The molecule has 0 amide bonds. The molecule has 0 spiro atoms. The fourth-order valence-electron chi connectivity index (χ4n) is 1.68. The maximum atomic E-state index is 5.31. The van der Waals surface area contributed by atoms with Crippen LogP contribution in [0.4, 0.5) is 0 Å². The third-order valence-electron chi connectivity index (χ3n) is 2.51. The van der Waals surface area contributed by atoms with E-state index in [0.717, 1.165) is 23.7 Å². The summed E-state index contributed by atoms with van der Waals surface area (Å²) in [7, 11) is 1.69. The molecule has 0 saturated carbocycles. The van der Waals surface area contributed by atoms with Crippen LogP contribution in [0, 0.1) is 6.92 Å². The van der Waals surface area contributed by atoms with E-state index >= 15 is 0 Å². The van der Waals surface area contributed by atoms with Gasteiger partial charge in [0.05, 0.1) is 13.7 Å². The zero-order valence-corrected chi connectivity index (χ0v) is 10.0. The van der Waals surface area contributed by atoms with Crippen LogP contribution in [0.3, 0.4) is 0 Å². The molecule has 2 rings (SSSR count). The first-order valence-corrected chi connectivity index (χ1v) is 5.48. The molecule has 0 fully saturated rings. The summed E-state index contributed by atoms with van der Waals surface area (Å²) in [5.41, 5.74) is 2.37. The Labute approximate surface area is 100 Å². The van der Waals surface area contributed by atoms with Crippen molar-refractivity contribution >= 4 is 0 Å². The van der Waals surface area contributed by atoms with E-state index in [1.165, 1.54) is 11.9 Å². The van der Waals surface area contributed by atoms with Gasteiger partial charge in [0.2, 0.25) is 0 Å². The largest absolute Gasteiger partial charge is 0.496 e. The minimum Gasteiger partial charge on any atom is -0.496 e. The first-order valence-electron chi connectivity index (χ1n) is 5.48. The van der Waals surface area contributed by atoms with Crippen molar-refractivity contribution in [3.63, 3.8) is 0 Å². The molecule has 2 aromatic rings. The number of nitrogens with zero attached hydrogens (tertiary/aromatic N) is 2. The zero-order valence-electron chi connectivity index (χ0n) is 10.0. The molecule has 5 nitrogen and oxygen atoms in total. The van der Waals surface area contributed by atoms with Gasteiger partial charge in [-0.2, -0.15) is 5.10 Å². The van der Waals surface area contributed by atoms with Crippen molar-refractivity contribution in [2.24, 2.45) is 0 Å². The summed E-state index contributed by atoms with van der Waals surface area (Å²) in [6.45, 7) is 3.47. The second-order valence-corrected chi connectivity index (χ2v) is 3.85. The number of methoxy groups -OCH3 is 1. The molecule has 0 bridgehead atoms. The Morgan fingerprint density at radius 3 is 2.94 bits per heavy atom. The molecule has 1 aromatic carbocycles. The molecule has 17 heavy (non-hydrogen) atoms. The van der Waals surface area contributed by atoms with E-state index in [1.54, 1.807) is 7.11 Å². The van der Waals surface area contributed by atoms with Gasteiger partial charge in [0.1, 0.15) is 17.9 Å². The minimum absolute atomic E-state index is 0.664. The number of aromatic amines is 1. The number of aryl methyl sites for hydroxylation is 1. The number of ether oxygens (including phenoxy) is 1. The number of benzene rings is 1. The Bertz CT molecular complexity index is 467. The molecule has 0 atom stereocenters. The quantitative estimate of drug-likeness (QED) is 0.818. The fraction of sp³-hybridized carbons (Fsp3) is 0.333. The van der Waals surface area contributed by atoms with Crippen molar-refractivity contribution in [1.82, 2.24) is 20.5 Å². The van der Waals surface area contributed by atoms with Crippen LogP contribution in [0.25, 0.3) is 0 Å². The molecule has 0 unspecified atom stereocenters. The van der Waals surface area contributed by atoms with Gasteiger partial charge in [0, 0.05) is 12.1 Å². The number of nitrogens with one attached hydrogen (secondary N) is 2. The van der Waals surface area contributed by atoms with Crippen LogP contribution in [-0.4, -0.2) is 22.3 Å². The van der Waals surface area contributed by atoms with Crippen LogP contribution in [-0.2, 0) is 13.1 Å². The third-order valence-corrected chi connectivity index (χ3v) is 2.51. The summed E-state index contributed by atoms with van der Waals surface area (Å²) in [6, 6.07) is 6.14. The average molecular weight is 232 g/mol. The van der Waals surface area contributed by atoms with Gasteiger partial charge in [-0.25, -0.2) is 4.98 Å². The highest BCUT2D eigenvalue weighted by Crippen LogP contribution is 2.19. The van der Waals surface area contributed by atoms with Gasteiger partial charge in [-0.3, -0.25) is 5.10 Å². The standard InChI is InChI=1S/C12H16N4O/c1-9-3-4-11(17-2)10(5-9)6-13-7-12-14-8-15-16-12/h3-5,8,13H,6-7H2,1-2H3,(H,14,15,16). The molecule has 0 saturated heterocycles. The van der Waals surface area contributed by atoms with E-state index in [1.807, 2.05) is 12.1 Å². The van der Waals surface area contributed by atoms with Gasteiger partial charge < -0.3 is 10.1 Å². The summed E-state index contributed by atoms with van der Waals surface area (Å²) >= 11 is 0. The Morgan fingerprint density at radius 2 is 2.24 bits per heavy atom. The van der Waals surface area contributed by atoms with Crippen molar-refractivity contribution in [3.8, 4) is 5.75 Å². The van der Waals surface area contributed by atoms with E-state index in [0.29, 0.717) is 6.54 Å². The molecule has 1 aromatic heterocycles. The van der Waals surface area contributed by atoms with E-state index < -0.39 is 0 Å². The highest BCUT2D eigenvalue weighted by atomic mass is 16.5. The monoisotopic (exact) mass is 232 g/mol. The molecule has 0 aliphatic carbocycles. The zero-order chi connectivity index (χ0) is 12.1. The molecule has 2 N–H and O–H groups in total. The topological polar surface area (TPSA) is 62.8 Å². The lowest BCUT2D eigenvalue weighted by molar-refractivity contribution is 0.407. The second kappa shape index (κ2) is 5.45. The first kappa shape index (κ1) is 11.6. The number of rotatable bonds is 5. The Balaban J connectivity index is 1.96. The Kier molecular flexibility index (Phi) is 3.72. The summed E-state index contributed by atoms with van der Waals surface area (Å²) in [4.78, 5) is 4.05. The molecule has 0 aliphatic rings. The number of aromatic nitrogens is 3. The fourth-order valence-corrected chi connectivity index (χ4v) is 1.68. The van der Waals surface area contributed by atoms with Crippen LogP contribution in [0.2, 0.25) is 0 Å².